The van der Waals surface area contributed by atoms with Gasteiger partial charge in [-0.1, -0.05) is 83.9 Å². The SMILES string of the molecule is Cc1ccc([S@](=O)c2ccccc2[C@H]2[C@H](c3ccccc3)N2[S@](=O)c2ccc(C)cc2)cc1. The van der Waals surface area contributed by atoms with E-state index in [0.717, 1.165) is 36.9 Å². The van der Waals surface area contributed by atoms with Crippen LogP contribution in [0.25, 0.3) is 0 Å². The number of rotatable bonds is 6. The minimum Gasteiger partial charge on any atom is -0.249 e. The molecule has 0 bridgehead atoms. The Morgan fingerprint density at radius 3 is 1.79 bits per heavy atom. The van der Waals surface area contributed by atoms with E-state index in [0.29, 0.717) is 0 Å². The smallest absolute Gasteiger partial charge is 0.128 e. The van der Waals surface area contributed by atoms with Crippen molar-refractivity contribution in [3.63, 3.8) is 0 Å². The molecule has 5 rings (SSSR count). The summed E-state index contributed by atoms with van der Waals surface area (Å²) in [5.41, 5.74) is 4.34. The van der Waals surface area contributed by atoms with Gasteiger partial charge in [-0.3, -0.25) is 0 Å². The number of benzene rings is 4. The highest BCUT2D eigenvalue weighted by Crippen LogP contribution is 2.57. The minimum absolute atomic E-state index is 0.0375. The molecule has 0 spiro atoms. The number of hydrogen-bond acceptors (Lipinski definition) is 2. The molecule has 1 aliphatic heterocycles. The molecule has 5 atom stereocenters. The van der Waals surface area contributed by atoms with Crippen molar-refractivity contribution in [1.82, 2.24) is 4.31 Å². The quantitative estimate of drug-likeness (QED) is 0.310. The van der Waals surface area contributed by atoms with Gasteiger partial charge in [0, 0.05) is 9.79 Å². The summed E-state index contributed by atoms with van der Waals surface area (Å²) >= 11 is 0. The van der Waals surface area contributed by atoms with E-state index in [1.54, 1.807) is 0 Å². The maximum Gasteiger partial charge on any atom is 0.128 e. The van der Waals surface area contributed by atoms with Crippen molar-refractivity contribution in [3.05, 3.63) is 125 Å². The summed E-state index contributed by atoms with van der Waals surface area (Å²) in [6, 6.07) is 33.5. The maximum absolute atomic E-state index is 13.6. The molecular formula is C28H25NO2S2. The molecular weight excluding hydrogens is 446 g/mol. The molecule has 5 heteroatoms. The zero-order chi connectivity index (χ0) is 22.9. The van der Waals surface area contributed by atoms with Crippen LogP contribution in [0, 0.1) is 13.8 Å². The van der Waals surface area contributed by atoms with Gasteiger partial charge in [-0.25, -0.2) is 12.7 Å². The van der Waals surface area contributed by atoms with Gasteiger partial charge in [0.1, 0.15) is 11.0 Å². The molecule has 4 aromatic carbocycles. The summed E-state index contributed by atoms with van der Waals surface area (Å²) in [5, 5.41) is 0. The van der Waals surface area contributed by atoms with E-state index in [1.165, 1.54) is 0 Å². The van der Waals surface area contributed by atoms with Crippen LogP contribution in [-0.2, 0) is 21.8 Å². The lowest BCUT2D eigenvalue weighted by Crippen LogP contribution is -2.06. The van der Waals surface area contributed by atoms with Crippen LogP contribution in [0.15, 0.2) is 118 Å². The first-order valence-electron chi connectivity index (χ1n) is 10.9. The molecule has 0 aromatic heterocycles. The Morgan fingerprint density at radius 2 is 1.15 bits per heavy atom. The van der Waals surface area contributed by atoms with Gasteiger partial charge in [0.25, 0.3) is 0 Å². The fourth-order valence-corrected chi connectivity index (χ4v) is 6.84. The van der Waals surface area contributed by atoms with Gasteiger partial charge in [-0.15, -0.1) is 0 Å². The first-order chi connectivity index (χ1) is 16.0. The third kappa shape index (κ3) is 4.36. The molecule has 1 saturated heterocycles. The van der Waals surface area contributed by atoms with Crippen LogP contribution in [0.1, 0.15) is 34.3 Å². The standard InChI is InChI=1S/C28H25NO2S2/c1-20-12-16-23(17-13-20)32(30)26-11-7-6-10-25(26)28-27(22-8-4-3-5-9-22)29(28)33(31)24-18-14-21(2)15-19-24/h3-19,27-28H,1-2H3/t27-,28-,29?,32-,33+/m0/s1. The fraction of sp³-hybridized carbons (Fsp3) is 0.143. The van der Waals surface area contributed by atoms with Crippen molar-refractivity contribution in [3.8, 4) is 0 Å². The summed E-state index contributed by atoms with van der Waals surface area (Å²) in [7, 11) is -2.65. The van der Waals surface area contributed by atoms with Gasteiger partial charge in [0.05, 0.1) is 27.8 Å². The lowest BCUT2D eigenvalue weighted by atomic mass is 10.0. The maximum atomic E-state index is 13.6. The second kappa shape index (κ2) is 9.18. The van der Waals surface area contributed by atoms with E-state index >= 15 is 0 Å². The summed E-state index contributed by atoms with van der Waals surface area (Å²) in [6.45, 7) is 4.05. The molecule has 0 amide bonds. The van der Waals surface area contributed by atoms with Gasteiger partial charge in [-0.2, -0.15) is 0 Å². The van der Waals surface area contributed by atoms with Gasteiger partial charge in [-0.05, 0) is 55.3 Å². The van der Waals surface area contributed by atoms with Crippen LogP contribution < -0.4 is 0 Å². The Morgan fingerprint density at radius 1 is 0.606 bits per heavy atom. The molecule has 4 aromatic rings. The van der Waals surface area contributed by atoms with Gasteiger partial charge in [0.2, 0.25) is 0 Å². The zero-order valence-electron chi connectivity index (χ0n) is 18.5. The van der Waals surface area contributed by atoms with Crippen molar-refractivity contribution in [2.24, 2.45) is 0 Å². The van der Waals surface area contributed by atoms with Gasteiger partial charge in [0.15, 0.2) is 0 Å². The first-order valence-corrected chi connectivity index (χ1v) is 13.2. The average molecular weight is 472 g/mol. The molecule has 166 valence electrons. The monoisotopic (exact) mass is 471 g/mol. The zero-order valence-corrected chi connectivity index (χ0v) is 20.2. The van der Waals surface area contributed by atoms with Crippen molar-refractivity contribution >= 4 is 21.8 Å². The molecule has 0 radical (unpaired) electrons. The van der Waals surface area contributed by atoms with E-state index in [9.17, 15) is 8.42 Å². The highest BCUT2D eigenvalue weighted by atomic mass is 32.2. The second-order valence-corrected chi connectivity index (χ2v) is 11.2. The molecule has 3 nitrogen and oxygen atoms in total. The van der Waals surface area contributed by atoms with Crippen LogP contribution in [-0.4, -0.2) is 12.7 Å². The third-order valence-electron chi connectivity index (χ3n) is 5.99. The molecule has 0 saturated carbocycles. The largest absolute Gasteiger partial charge is 0.249 e. The number of hydrogen-bond donors (Lipinski definition) is 0. The topological polar surface area (TPSA) is 37.1 Å². The van der Waals surface area contributed by atoms with Crippen LogP contribution >= 0.6 is 0 Å². The highest BCUT2D eigenvalue weighted by Gasteiger charge is 2.54. The van der Waals surface area contributed by atoms with E-state index in [4.69, 9.17) is 0 Å². The lowest BCUT2D eigenvalue weighted by molar-refractivity contribution is 0.637. The molecule has 0 N–H and O–H groups in total. The fourth-order valence-electron chi connectivity index (χ4n) is 4.16. The van der Waals surface area contributed by atoms with E-state index in [2.05, 4.69) is 12.1 Å². The molecule has 33 heavy (non-hydrogen) atoms. The molecule has 1 heterocycles. The lowest BCUT2D eigenvalue weighted by Gasteiger charge is -2.10. The van der Waals surface area contributed by atoms with Crippen molar-refractivity contribution in [1.29, 1.82) is 0 Å². The molecule has 1 aliphatic rings. The van der Waals surface area contributed by atoms with Crippen LogP contribution in [0.4, 0.5) is 0 Å². The second-order valence-electron chi connectivity index (χ2n) is 8.34. The minimum atomic E-state index is -1.33. The summed E-state index contributed by atoms with van der Waals surface area (Å²) < 4.78 is 29.2. The van der Waals surface area contributed by atoms with Crippen LogP contribution in [0.3, 0.4) is 0 Å². The van der Waals surface area contributed by atoms with Crippen molar-refractivity contribution < 1.29 is 8.42 Å². The Bertz CT molecular complexity index is 1320. The van der Waals surface area contributed by atoms with Gasteiger partial charge < -0.3 is 0 Å². The predicted molar refractivity (Wildman–Crippen MR) is 134 cm³/mol. The molecule has 1 unspecified atom stereocenters. The Kier molecular flexibility index (Phi) is 6.11. The number of nitrogens with zero attached hydrogens (tertiary/aromatic N) is 1. The summed E-state index contributed by atoms with van der Waals surface area (Å²) in [5.74, 6) is 0. The first kappa shape index (κ1) is 22.0. The van der Waals surface area contributed by atoms with Crippen molar-refractivity contribution in [2.45, 2.75) is 40.6 Å². The number of aryl methyl sites for hydroxylation is 2. The van der Waals surface area contributed by atoms with E-state index in [-0.39, 0.29) is 12.1 Å². The van der Waals surface area contributed by atoms with E-state index in [1.807, 2.05) is 109 Å². The molecule has 0 aliphatic carbocycles. The Hall–Kier alpha value is -2.86. The average Bonchev–Trinajstić information content (AvgIpc) is 3.60. The molecule has 1 fully saturated rings. The van der Waals surface area contributed by atoms with Crippen LogP contribution in [0.2, 0.25) is 0 Å². The summed E-state index contributed by atoms with van der Waals surface area (Å²) in [6.07, 6.45) is 0. The Labute approximate surface area is 200 Å². The van der Waals surface area contributed by atoms with E-state index < -0.39 is 21.8 Å². The Balaban J connectivity index is 1.55. The van der Waals surface area contributed by atoms with Crippen LogP contribution in [0.5, 0.6) is 0 Å². The normalized spacial score (nSPS) is 21.3. The summed E-state index contributed by atoms with van der Waals surface area (Å²) in [4.78, 5) is 2.33. The van der Waals surface area contributed by atoms with Gasteiger partial charge >= 0.3 is 0 Å². The third-order valence-corrected chi connectivity index (χ3v) is 8.97. The predicted octanol–water partition coefficient (Wildman–Crippen LogP) is 6.29. The highest BCUT2D eigenvalue weighted by molar-refractivity contribution is 7.85. The van der Waals surface area contributed by atoms with Crippen molar-refractivity contribution in [2.75, 3.05) is 0 Å².